The van der Waals surface area contributed by atoms with E-state index in [0.29, 0.717) is 0 Å². The molecule has 0 heterocycles. The zero-order valence-corrected chi connectivity index (χ0v) is 3.60. The summed E-state index contributed by atoms with van der Waals surface area (Å²) in [6.45, 7) is 0. The molecule has 0 aliphatic heterocycles. The third kappa shape index (κ3) is 2.10. The Morgan fingerprint density at radius 2 is 2.33 bits per heavy atom. The quantitative estimate of drug-likeness (QED) is 0.179. The SMILES string of the molecule is CNC(O)NN. The van der Waals surface area contributed by atoms with Gasteiger partial charge in [0.2, 0.25) is 0 Å². The lowest BCUT2D eigenvalue weighted by Crippen LogP contribution is -2.43. The van der Waals surface area contributed by atoms with Crippen LogP contribution in [-0.2, 0) is 0 Å². The van der Waals surface area contributed by atoms with E-state index in [9.17, 15) is 0 Å². The average molecular weight is 91.1 g/mol. The van der Waals surface area contributed by atoms with Gasteiger partial charge in [-0.3, -0.25) is 11.2 Å². The molecule has 0 aromatic rings. The van der Waals surface area contributed by atoms with Gasteiger partial charge in [-0.05, 0) is 7.05 Å². The van der Waals surface area contributed by atoms with E-state index in [-0.39, 0.29) is 0 Å². The summed E-state index contributed by atoms with van der Waals surface area (Å²) in [5, 5.41) is 10.8. The van der Waals surface area contributed by atoms with Gasteiger partial charge in [-0.2, -0.15) is 0 Å². The number of hydrogen-bond donors (Lipinski definition) is 4. The number of nitrogens with one attached hydrogen (secondary N) is 2. The summed E-state index contributed by atoms with van der Waals surface area (Å²) in [7, 11) is 1.59. The molecule has 0 saturated carbocycles. The summed E-state index contributed by atoms with van der Waals surface area (Å²) in [5.74, 6) is 4.72. The Hall–Kier alpha value is -0.160. The van der Waals surface area contributed by atoms with Crippen LogP contribution in [0.5, 0.6) is 0 Å². The summed E-state index contributed by atoms with van der Waals surface area (Å²) in [4.78, 5) is 0. The van der Waals surface area contributed by atoms with Gasteiger partial charge in [-0.25, -0.2) is 5.43 Å². The van der Waals surface area contributed by atoms with E-state index in [0.717, 1.165) is 0 Å². The fourth-order valence-corrected chi connectivity index (χ4v) is 0.0833. The number of hydrogen-bond acceptors (Lipinski definition) is 4. The Kier molecular flexibility index (Phi) is 2.97. The monoisotopic (exact) mass is 91.1 g/mol. The minimum absolute atomic E-state index is 0.787. The topological polar surface area (TPSA) is 70.3 Å². The molecule has 0 aromatic carbocycles. The second kappa shape index (κ2) is 3.05. The summed E-state index contributed by atoms with van der Waals surface area (Å²) in [6, 6.07) is 0. The zero-order valence-electron chi connectivity index (χ0n) is 3.60. The van der Waals surface area contributed by atoms with Gasteiger partial charge in [0.25, 0.3) is 0 Å². The first kappa shape index (κ1) is 5.84. The summed E-state index contributed by atoms with van der Waals surface area (Å²) in [6.07, 6.45) is -0.787. The van der Waals surface area contributed by atoms with Crippen molar-refractivity contribution in [2.75, 3.05) is 7.05 Å². The standard InChI is InChI=1S/C2H9N3O/c1-4-2(6)5-3/h2,4-6H,3H2,1H3. The maximum atomic E-state index is 8.32. The number of rotatable bonds is 2. The van der Waals surface area contributed by atoms with Gasteiger partial charge in [0.05, 0.1) is 0 Å². The molecular formula is C2H9N3O. The Bertz CT molecular complexity index is 28.0. The van der Waals surface area contributed by atoms with E-state index < -0.39 is 6.35 Å². The normalized spacial score (nSPS) is 14.5. The molecule has 0 fully saturated rings. The van der Waals surface area contributed by atoms with Gasteiger partial charge in [-0.1, -0.05) is 0 Å². The first-order valence-electron chi connectivity index (χ1n) is 1.62. The van der Waals surface area contributed by atoms with Crippen molar-refractivity contribution < 1.29 is 5.11 Å². The smallest absolute Gasteiger partial charge is 0.172 e. The molecule has 6 heavy (non-hydrogen) atoms. The predicted octanol–water partition coefficient (Wildman–Crippen LogP) is -2.05. The highest BCUT2D eigenvalue weighted by Gasteiger charge is 1.86. The van der Waals surface area contributed by atoms with Gasteiger partial charge in [0.15, 0.2) is 6.35 Å². The third-order valence-corrected chi connectivity index (χ3v) is 0.431. The van der Waals surface area contributed by atoms with E-state index in [2.05, 4.69) is 10.7 Å². The second-order valence-corrected chi connectivity index (χ2v) is 0.858. The van der Waals surface area contributed by atoms with Crippen LogP contribution in [0.25, 0.3) is 0 Å². The molecule has 5 N–H and O–H groups in total. The van der Waals surface area contributed by atoms with Crippen LogP contribution in [0.4, 0.5) is 0 Å². The Balaban J connectivity index is 2.75. The molecule has 0 aliphatic rings. The van der Waals surface area contributed by atoms with E-state index in [1.54, 1.807) is 7.05 Å². The van der Waals surface area contributed by atoms with Gasteiger partial charge >= 0.3 is 0 Å². The first-order chi connectivity index (χ1) is 2.81. The molecule has 0 aromatic heterocycles. The molecule has 0 bridgehead atoms. The van der Waals surface area contributed by atoms with Crippen molar-refractivity contribution in [1.82, 2.24) is 10.7 Å². The molecule has 0 amide bonds. The highest BCUT2D eigenvalue weighted by molar-refractivity contribution is 4.30. The van der Waals surface area contributed by atoms with Gasteiger partial charge in [0.1, 0.15) is 0 Å². The first-order valence-corrected chi connectivity index (χ1v) is 1.62. The van der Waals surface area contributed by atoms with Crippen LogP contribution in [0, 0.1) is 0 Å². The molecule has 1 atom stereocenters. The molecule has 0 saturated heterocycles. The fourth-order valence-electron chi connectivity index (χ4n) is 0.0833. The lowest BCUT2D eigenvalue weighted by Gasteiger charge is -2.03. The maximum absolute atomic E-state index is 8.32. The average Bonchev–Trinajstić information content (AvgIpc) is 1.65. The van der Waals surface area contributed by atoms with E-state index >= 15 is 0 Å². The van der Waals surface area contributed by atoms with Crippen LogP contribution in [0.1, 0.15) is 0 Å². The largest absolute Gasteiger partial charge is 0.364 e. The zero-order chi connectivity index (χ0) is 4.99. The molecule has 0 aliphatic carbocycles. The highest BCUT2D eigenvalue weighted by atomic mass is 16.3. The van der Waals surface area contributed by atoms with E-state index in [1.165, 1.54) is 0 Å². The van der Waals surface area contributed by atoms with Crippen molar-refractivity contribution in [3.8, 4) is 0 Å². The molecule has 38 valence electrons. The van der Waals surface area contributed by atoms with Gasteiger partial charge < -0.3 is 5.11 Å². The number of nitrogens with two attached hydrogens (primary N) is 1. The Morgan fingerprint density at radius 1 is 1.83 bits per heavy atom. The van der Waals surface area contributed by atoms with E-state index in [1.807, 2.05) is 0 Å². The summed E-state index contributed by atoms with van der Waals surface area (Å²) in [5.41, 5.74) is 2.06. The van der Waals surface area contributed by atoms with Crippen molar-refractivity contribution >= 4 is 0 Å². The molecule has 0 rings (SSSR count). The number of aliphatic hydroxyl groups excluding tert-OH is 1. The van der Waals surface area contributed by atoms with Crippen molar-refractivity contribution in [2.24, 2.45) is 5.84 Å². The molecule has 4 heteroatoms. The van der Waals surface area contributed by atoms with E-state index in [4.69, 9.17) is 10.9 Å². The highest BCUT2D eigenvalue weighted by Crippen LogP contribution is 1.51. The molecular weight excluding hydrogens is 82.0 g/mol. The fraction of sp³-hybridized carbons (Fsp3) is 1.00. The van der Waals surface area contributed by atoms with Crippen LogP contribution < -0.4 is 16.6 Å². The van der Waals surface area contributed by atoms with Crippen molar-refractivity contribution in [2.45, 2.75) is 6.35 Å². The van der Waals surface area contributed by atoms with Crippen LogP contribution in [0.3, 0.4) is 0 Å². The molecule has 1 unspecified atom stereocenters. The minimum Gasteiger partial charge on any atom is -0.364 e. The molecule has 0 spiro atoms. The third-order valence-electron chi connectivity index (χ3n) is 0.431. The number of hydrazine groups is 1. The summed E-state index contributed by atoms with van der Waals surface area (Å²) >= 11 is 0. The van der Waals surface area contributed by atoms with Gasteiger partial charge in [0, 0.05) is 0 Å². The van der Waals surface area contributed by atoms with Crippen LogP contribution in [0.15, 0.2) is 0 Å². The Morgan fingerprint density at radius 3 is 2.33 bits per heavy atom. The minimum atomic E-state index is -0.787. The van der Waals surface area contributed by atoms with Crippen LogP contribution >= 0.6 is 0 Å². The molecule has 4 nitrogen and oxygen atoms in total. The van der Waals surface area contributed by atoms with Crippen molar-refractivity contribution in [3.05, 3.63) is 0 Å². The second-order valence-electron chi connectivity index (χ2n) is 0.858. The van der Waals surface area contributed by atoms with Gasteiger partial charge in [-0.15, -0.1) is 0 Å². The maximum Gasteiger partial charge on any atom is 0.172 e. The van der Waals surface area contributed by atoms with Crippen molar-refractivity contribution in [3.63, 3.8) is 0 Å². The predicted molar refractivity (Wildman–Crippen MR) is 22.4 cm³/mol. The lowest BCUT2D eigenvalue weighted by atomic mass is 11.0. The number of aliphatic hydroxyl groups is 1. The molecule has 0 radical (unpaired) electrons. The Labute approximate surface area is 36.3 Å². The van der Waals surface area contributed by atoms with Crippen LogP contribution in [-0.4, -0.2) is 18.5 Å². The lowest BCUT2D eigenvalue weighted by molar-refractivity contribution is 0.111. The van der Waals surface area contributed by atoms with Crippen molar-refractivity contribution in [1.29, 1.82) is 0 Å². The summed E-state index contributed by atoms with van der Waals surface area (Å²) < 4.78 is 0. The van der Waals surface area contributed by atoms with Crippen LogP contribution in [0.2, 0.25) is 0 Å².